The number of aryl methyl sites for hydroxylation is 1. The maximum atomic E-state index is 11.3. The Bertz CT molecular complexity index is 712. The van der Waals surface area contributed by atoms with Gasteiger partial charge >= 0.3 is 0 Å². The molecule has 124 valence electrons. The summed E-state index contributed by atoms with van der Waals surface area (Å²) in [7, 11) is -1.54. The molecule has 4 nitrogen and oxygen atoms in total. The summed E-state index contributed by atoms with van der Waals surface area (Å²) >= 11 is 0. The maximum absolute atomic E-state index is 11.3. The number of nitrogens with two attached hydrogens (primary N) is 1. The van der Waals surface area contributed by atoms with Crippen LogP contribution in [0.1, 0.15) is 30.5 Å². The van der Waals surface area contributed by atoms with Crippen molar-refractivity contribution in [3.05, 3.63) is 65.7 Å². The van der Waals surface area contributed by atoms with Crippen molar-refractivity contribution in [1.82, 2.24) is 4.90 Å². The first-order chi connectivity index (χ1) is 10.9. The SMILES string of the molecule is C[C@@H](c1ccc(S(N)(=O)=O)cc1)N(C)CCCc1ccccc1. The van der Waals surface area contributed by atoms with Crippen molar-refractivity contribution in [2.45, 2.75) is 30.7 Å². The highest BCUT2D eigenvalue weighted by molar-refractivity contribution is 7.89. The van der Waals surface area contributed by atoms with E-state index in [-0.39, 0.29) is 10.9 Å². The molecular weight excluding hydrogens is 308 g/mol. The van der Waals surface area contributed by atoms with Crippen LogP contribution in [0.15, 0.2) is 59.5 Å². The Balaban J connectivity index is 1.90. The van der Waals surface area contributed by atoms with Crippen LogP contribution in [0.5, 0.6) is 0 Å². The molecule has 0 heterocycles. The molecule has 2 aromatic carbocycles. The van der Waals surface area contributed by atoms with Crippen LogP contribution in [0.3, 0.4) is 0 Å². The van der Waals surface area contributed by atoms with Crippen molar-refractivity contribution in [2.75, 3.05) is 13.6 Å². The monoisotopic (exact) mass is 332 g/mol. The predicted molar refractivity (Wildman–Crippen MR) is 93.6 cm³/mol. The molecule has 0 bridgehead atoms. The van der Waals surface area contributed by atoms with Gasteiger partial charge in [0.25, 0.3) is 0 Å². The van der Waals surface area contributed by atoms with E-state index in [9.17, 15) is 8.42 Å². The van der Waals surface area contributed by atoms with Crippen LogP contribution in [0, 0.1) is 0 Å². The van der Waals surface area contributed by atoms with Crippen LogP contribution in [-0.2, 0) is 16.4 Å². The van der Waals surface area contributed by atoms with Gasteiger partial charge in [-0.15, -0.1) is 0 Å². The van der Waals surface area contributed by atoms with Gasteiger partial charge in [-0.25, -0.2) is 13.6 Å². The van der Waals surface area contributed by atoms with Gasteiger partial charge in [-0.05, 0) is 56.6 Å². The smallest absolute Gasteiger partial charge is 0.238 e. The van der Waals surface area contributed by atoms with E-state index in [1.54, 1.807) is 12.1 Å². The van der Waals surface area contributed by atoms with Crippen molar-refractivity contribution in [3.63, 3.8) is 0 Å². The minimum Gasteiger partial charge on any atom is -0.300 e. The van der Waals surface area contributed by atoms with E-state index in [0.29, 0.717) is 0 Å². The van der Waals surface area contributed by atoms with Crippen LogP contribution < -0.4 is 5.14 Å². The van der Waals surface area contributed by atoms with E-state index < -0.39 is 10.0 Å². The molecule has 2 aromatic rings. The van der Waals surface area contributed by atoms with E-state index >= 15 is 0 Å². The first-order valence-corrected chi connectivity index (χ1v) is 9.29. The van der Waals surface area contributed by atoms with Crippen LogP contribution in [0.4, 0.5) is 0 Å². The van der Waals surface area contributed by atoms with E-state index in [4.69, 9.17) is 5.14 Å². The highest BCUT2D eigenvalue weighted by atomic mass is 32.2. The number of sulfonamides is 1. The molecule has 0 fully saturated rings. The first-order valence-electron chi connectivity index (χ1n) is 7.75. The lowest BCUT2D eigenvalue weighted by Crippen LogP contribution is -2.24. The van der Waals surface area contributed by atoms with Crippen molar-refractivity contribution < 1.29 is 8.42 Å². The van der Waals surface area contributed by atoms with Gasteiger partial charge in [0, 0.05) is 6.04 Å². The van der Waals surface area contributed by atoms with Crippen LogP contribution in [-0.4, -0.2) is 26.9 Å². The molecule has 0 spiro atoms. The molecule has 23 heavy (non-hydrogen) atoms. The Morgan fingerprint density at radius 1 is 1.04 bits per heavy atom. The van der Waals surface area contributed by atoms with Crippen molar-refractivity contribution in [1.29, 1.82) is 0 Å². The summed E-state index contributed by atoms with van der Waals surface area (Å²) in [6.07, 6.45) is 2.14. The van der Waals surface area contributed by atoms with Gasteiger partial charge in [0.1, 0.15) is 0 Å². The van der Waals surface area contributed by atoms with Gasteiger partial charge in [-0.3, -0.25) is 4.90 Å². The molecule has 0 amide bonds. The molecule has 2 N–H and O–H groups in total. The quantitative estimate of drug-likeness (QED) is 0.848. The zero-order valence-corrected chi connectivity index (χ0v) is 14.5. The topological polar surface area (TPSA) is 63.4 Å². The highest BCUT2D eigenvalue weighted by Gasteiger charge is 2.13. The van der Waals surface area contributed by atoms with E-state index in [0.717, 1.165) is 24.9 Å². The van der Waals surface area contributed by atoms with Gasteiger partial charge in [0.15, 0.2) is 0 Å². The summed E-state index contributed by atoms with van der Waals surface area (Å²) in [5.74, 6) is 0. The highest BCUT2D eigenvalue weighted by Crippen LogP contribution is 2.20. The lowest BCUT2D eigenvalue weighted by atomic mass is 10.1. The lowest BCUT2D eigenvalue weighted by molar-refractivity contribution is 0.258. The van der Waals surface area contributed by atoms with Crippen molar-refractivity contribution in [3.8, 4) is 0 Å². The summed E-state index contributed by atoms with van der Waals surface area (Å²) < 4.78 is 22.6. The number of hydrogen-bond acceptors (Lipinski definition) is 3. The fraction of sp³-hybridized carbons (Fsp3) is 0.333. The fourth-order valence-electron chi connectivity index (χ4n) is 2.56. The Labute approximate surface area is 139 Å². The predicted octanol–water partition coefficient (Wildman–Crippen LogP) is 2.96. The zero-order valence-electron chi connectivity index (χ0n) is 13.6. The number of benzene rings is 2. The number of primary sulfonamides is 1. The maximum Gasteiger partial charge on any atom is 0.238 e. The molecule has 5 heteroatoms. The van der Waals surface area contributed by atoms with Crippen LogP contribution in [0.2, 0.25) is 0 Å². The van der Waals surface area contributed by atoms with Gasteiger partial charge in [-0.1, -0.05) is 42.5 Å². The second kappa shape index (κ2) is 7.73. The minimum absolute atomic E-state index is 0.153. The molecule has 0 aliphatic heterocycles. The van der Waals surface area contributed by atoms with E-state index in [1.807, 2.05) is 18.2 Å². The van der Waals surface area contributed by atoms with Crippen molar-refractivity contribution in [2.24, 2.45) is 5.14 Å². The molecule has 1 atom stereocenters. The third kappa shape index (κ3) is 5.16. The van der Waals surface area contributed by atoms with Crippen molar-refractivity contribution >= 4 is 10.0 Å². The number of nitrogens with zero attached hydrogens (tertiary/aromatic N) is 1. The van der Waals surface area contributed by atoms with Crippen LogP contribution >= 0.6 is 0 Å². The van der Waals surface area contributed by atoms with Gasteiger partial charge in [0.05, 0.1) is 4.90 Å². The molecule has 2 rings (SSSR count). The van der Waals surface area contributed by atoms with Crippen LogP contribution in [0.25, 0.3) is 0 Å². The molecule has 0 saturated carbocycles. The Hall–Kier alpha value is -1.69. The third-order valence-electron chi connectivity index (χ3n) is 4.17. The molecule has 0 aromatic heterocycles. The lowest BCUT2D eigenvalue weighted by Gasteiger charge is -2.25. The third-order valence-corrected chi connectivity index (χ3v) is 5.10. The van der Waals surface area contributed by atoms with Gasteiger partial charge < -0.3 is 0 Å². The molecule has 0 aliphatic rings. The standard InChI is InChI=1S/C18H24N2O2S/c1-15(17-10-12-18(13-11-17)23(19,21)22)20(2)14-6-9-16-7-4-3-5-8-16/h3-5,7-8,10-13,15H,6,9,14H2,1-2H3,(H2,19,21,22)/t15-/m0/s1. The molecule has 0 radical (unpaired) electrons. The Kier molecular flexibility index (Phi) is 5.93. The van der Waals surface area contributed by atoms with E-state index in [1.165, 1.54) is 5.56 Å². The average molecular weight is 332 g/mol. The largest absolute Gasteiger partial charge is 0.300 e. The fourth-order valence-corrected chi connectivity index (χ4v) is 3.08. The number of rotatable bonds is 7. The molecule has 0 unspecified atom stereocenters. The minimum atomic E-state index is -3.62. The molecular formula is C18H24N2O2S. The Morgan fingerprint density at radius 3 is 2.22 bits per heavy atom. The van der Waals surface area contributed by atoms with Gasteiger partial charge in [-0.2, -0.15) is 0 Å². The molecule has 0 saturated heterocycles. The normalized spacial score (nSPS) is 13.2. The number of hydrogen-bond donors (Lipinski definition) is 1. The zero-order chi connectivity index (χ0) is 16.9. The first kappa shape index (κ1) is 17.7. The average Bonchev–Trinajstić information content (AvgIpc) is 2.54. The summed E-state index contributed by atoms with van der Waals surface area (Å²) in [5.41, 5.74) is 2.44. The second-order valence-corrected chi connectivity index (χ2v) is 7.42. The summed E-state index contributed by atoms with van der Waals surface area (Å²) in [6, 6.07) is 17.5. The summed E-state index contributed by atoms with van der Waals surface area (Å²) in [4.78, 5) is 2.43. The molecule has 0 aliphatic carbocycles. The van der Waals surface area contributed by atoms with Gasteiger partial charge in [0.2, 0.25) is 10.0 Å². The summed E-state index contributed by atoms with van der Waals surface area (Å²) in [5, 5.41) is 5.13. The summed E-state index contributed by atoms with van der Waals surface area (Å²) in [6.45, 7) is 3.10. The van der Waals surface area contributed by atoms with E-state index in [2.05, 4.69) is 43.1 Å². The second-order valence-electron chi connectivity index (χ2n) is 5.86. The Morgan fingerprint density at radius 2 is 1.65 bits per heavy atom.